The number of H-pyrrole nitrogens is 1. The number of benzene rings is 2. The van der Waals surface area contributed by atoms with Crippen molar-refractivity contribution in [2.75, 3.05) is 20.1 Å². The number of aromatic nitrogens is 1. The van der Waals surface area contributed by atoms with Gasteiger partial charge in [0.15, 0.2) is 0 Å². The second kappa shape index (κ2) is 12.0. The fourth-order valence-electron chi connectivity index (χ4n) is 4.01. The van der Waals surface area contributed by atoms with Gasteiger partial charge >= 0.3 is 5.30 Å². The van der Waals surface area contributed by atoms with E-state index in [2.05, 4.69) is 37.0 Å². The molecule has 166 valence electrons. The first-order chi connectivity index (χ1) is 15.1. The van der Waals surface area contributed by atoms with Crippen LogP contribution in [0.4, 0.5) is 4.79 Å². The Labute approximate surface area is 190 Å². The third kappa shape index (κ3) is 6.88. The van der Waals surface area contributed by atoms with E-state index < -0.39 is 0 Å². The number of nitrogens with one attached hydrogen (secondary N) is 1. The highest BCUT2D eigenvalue weighted by Crippen LogP contribution is 2.31. The van der Waals surface area contributed by atoms with Gasteiger partial charge in [-0.3, -0.25) is 0 Å². The van der Waals surface area contributed by atoms with Gasteiger partial charge in [0.25, 0.3) is 0 Å². The zero-order valence-corrected chi connectivity index (χ0v) is 19.7. The van der Waals surface area contributed by atoms with Crippen molar-refractivity contribution in [2.45, 2.75) is 45.3 Å². The summed E-state index contributed by atoms with van der Waals surface area (Å²) in [5.41, 5.74) is 3.32. The summed E-state index contributed by atoms with van der Waals surface area (Å²) < 4.78 is 5.76. The second-order valence-electron chi connectivity index (χ2n) is 8.19. The SMILES string of the molecule is CCCC(CC)CN(C)CCc1c[nH]c2cccc(OC(=O)SCc3ccccc3)c12. The van der Waals surface area contributed by atoms with Crippen molar-refractivity contribution in [1.82, 2.24) is 9.88 Å². The molecule has 1 N–H and O–H groups in total. The van der Waals surface area contributed by atoms with Crippen LogP contribution in [0, 0.1) is 5.92 Å². The van der Waals surface area contributed by atoms with E-state index in [-0.39, 0.29) is 5.30 Å². The molecule has 1 aromatic heterocycles. The molecule has 0 saturated carbocycles. The van der Waals surface area contributed by atoms with Gasteiger partial charge in [-0.15, -0.1) is 0 Å². The molecular weight excluding hydrogens is 404 g/mol. The van der Waals surface area contributed by atoms with E-state index in [1.54, 1.807) is 0 Å². The van der Waals surface area contributed by atoms with Crippen LogP contribution in [0.3, 0.4) is 0 Å². The van der Waals surface area contributed by atoms with Crippen LogP contribution in [0.2, 0.25) is 0 Å². The van der Waals surface area contributed by atoms with E-state index in [0.717, 1.165) is 41.9 Å². The second-order valence-corrected chi connectivity index (χ2v) is 9.10. The largest absolute Gasteiger partial charge is 0.418 e. The first kappa shape index (κ1) is 23.4. The van der Waals surface area contributed by atoms with Crippen molar-refractivity contribution in [3.05, 3.63) is 65.9 Å². The van der Waals surface area contributed by atoms with Crippen molar-refractivity contribution in [3.8, 4) is 5.75 Å². The summed E-state index contributed by atoms with van der Waals surface area (Å²) in [7, 11) is 2.20. The summed E-state index contributed by atoms with van der Waals surface area (Å²) >= 11 is 1.19. The molecule has 0 aliphatic rings. The summed E-state index contributed by atoms with van der Waals surface area (Å²) in [6.07, 6.45) is 6.73. The Morgan fingerprint density at radius 1 is 1.13 bits per heavy atom. The predicted octanol–water partition coefficient (Wildman–Crippen LogP) is 6.90. The molecule has 0 saturated heterocycles. The average Bonchev–Trinajstić information content (AvgIpc) is 3.21. The number of fused-ring (bicyclic) bond motifs is 1. The average molecular weight is 439 g/mol. The number of hydrogen-bond donors (Lipinski definition) is 1. The smallest absolute Gasteiger partial charge is 0.373 e. The van der Waals surface area contributed by atoms with Gasteiger partial charge < -0.3 is 14.6 Å². The number of thioether (sulfide) groups is 1. The van der Waals surface area contributed by atoms with Crippen molar-refractivity contribution in [1.29, 1.82) is 0 Å². The van der Waals surface area contributed by atoms with Gasteiger partial charge in [-0.05, 0) is 60.8 Å². The van der Waals surface area contributed by atoms with Crippen LogP contribution in [-0.4, -0.2) is 35.3 Å². The molecule has 0 aliphatic carbocycles. The lowest BCUT2D eigenvalue weighted by Gasteiger charge is -2.22. The summed E-state index contributed by atoms with van der Waals surface area (Å²) in [6.45, 7) is 6.66. The number of likely N-dealkylation sites (N-methyl/N-ethyl adjacent to an activating group) is 1. The minimum absolute atomic E-state index is 0.272. The molecule has 2 aromatic carbocycles. The highest BCUT2D eigenvalue weighted by atomic mass is 32.2. The lowest BCUT2D eigenvalue weighted by Crippen LogP contribution is -2.27. The summed E-state index contributed by atoms with van der Waals surface area (Å²) in [4.78, 5) is 18.2. The monoisotopic (exact) mass is 438 g/mol. The Bertz CT molecular complexity index is 954. The van der Waals surface area contributed by atoms with Crippen molar-refractivity contribution < 1.29 is 9.53 Å². The molecule has 0 bridgehead atoms. The third-order valence-electron chi connectivity index (χ3n) is 5.75. The zero-order valence-electron chi connectivity index (χ0n) is 18.9. The van der Waals surface area contributed by atoms with E-state index >= 15 is 0 Å². The fourth-order valence-corrected chi connectivity index (χ4v) is 4.64. The van der Waals surface area contributed by atoms with Crippen LogP contribution in [0.25, 0.3) is 10.9 Å². The molecule has 3 aromatic rings. The first-order valence-corrected chi connectivity index (χ1v) is 12.2. The van der Waals surface area contributed by atoms with E-state index in [9.17, 15) is 4.79 Å². The number of ether oxygens (including phenoxy) is 1. The Morgan fingerprint density at radius 3 is 2.68 bits per heavy atom. The van der Waals surface area contributed by atoms with Gasteiger partial charge in [0.2, 0.25) is 0 Å². The molecule has 31 heavy (non-hydrogen) atoms. The summed E-state index contributed by atoms with van der Waals surface area (Å²) in [6, 6.07) is 15.8. The molecule has 0 aliphatic heterocycles. The van der Waals surface area contributed by atoms with Gasteiger partial charge in [-0.2, -0.15) is 0 Å². The number of carbonyl (C=O) groups is 1. The number of aromatic amines is 1. The van der Waals surface area contributed by atoms with Gasteiger partial charge in [0.05, 0.1) is 0 Å². The summed E-state index contributed by atoms with van der Waals surface area (Å²) in [5.74, 6) is 2.01. The van der Waals surface area contributed by atoms with Crippen LogP contribution in [0.15, 0.2) is 54.7 Å². The maximum absolute atomic E-state index is 12.5. The molecule has 5 heteroatoms. The van der Waals surface area contributed by atoms with Gasteiger partial charge in [-0.25, -0.2) is 4.79 Å². The highest BCUT2D eigenvalue weighted by molar-refractivity contribution is 8.12. The van der Waals surface area contributed by atoms with E-state index in [1.165, 1.54) is 36.6 Å². The van der Waals surface area contributed by atoms with Crippen molar-refractivity contribution in [2.24, 2.45) is 5.92 Å². The minimum atomic E-state index is -0.272. The molecule has 4 nitrogen and oxygen atoms in total. The van der Waals surface area contributed by atoms with Gasteiger partial charge in [0, 0.05) is 35.9 Å². The molecular formula is C26H34N2O2S. The molecule has 0 amide bonds. The summed E-state index contributed by atoms with van der Waals surface area (Å²) in [5, 5.41) is 0.746. The Kier molecular flexibility index (Phi) is 9.04. The lowest BCUT2D eigenvalue weighted by molar-refractivity contribution is 0.227. The zero-order chi connectivity index (χ0) is 22.1. The molecule has 1 heterocycles. The Morgan fingerprint density at radius 2 is 1.94 bits per heavy atom. The molecule has 0 spiro atoms. The quantitative estimate of drug-likeness (QED) is 0.331. The highest BCUT2D eigenvalue weighted by Gasteiger charge is 2.15. The Hall–Kier alpha value is -2.24. The van der Waals surface area contributed by atoms with Gasteiger partial charge in [-0.1, -0.05) is 63.1 Å². The maximum Gasteiger partial charge on any atom is 0.373 e. The fraction of sp³-hybridized carbons (Fsp3) is 0.423. The lowest BCUT2D eigenvalue weighted by atomic mass is 10.00. The number of nitrogens with zero attached hydrogens (tertiary/aromatic N) is 1. The van der Waals surface area contributed by atoms with E-state index in [0.29, 0.717) is 11.5 Å². The molecule has 1 unspecified atom stereocenters. The minimum Gasteiger partial charge on any atom is -0.418 e. The van der Waals surface area contributed by atoms with E-state index in [4.69, 9.17) is 4.74 Å². The van der Waals surface area contributed by atoms with Crippen LogP contribution in [-0.2, 0) is 12.2 Å². The Balaban J connectivity index is 1.62. The molecule has 3 rings (SSSR count). The van der Waals surface area contributed by atoms with Gasteiger partial charge in [0.1, 0.15) is 5.75 Å². The molecule has 1 atom stereocenters. The van der Waals surface area contributed by atoms with Crippen LogP contribution in [0.1, 0.15) is 44.2 Å². The third-order valence-corrected chi connectivity index (χ3v) is 6.55. The number of rotatable bonds is 11. The van der Waals surface area contributed by atoms with Crippen LogP contribution >= 0.6 is 11.8 Å². The predicted molar refractivity (Wildman–Crippen MR) is 132 cm³/mol. The maximum atomic E-state index is 12.5. The standard InChI is InChI=1S/C26H34N2O2S/c1-4-10-20(5-2)18-28(3)16-15-22-17-27-23-13-9-14-24(25(22)23)30-26(29)31-19-21-11-7-6-8-12-21/h6-9,11-14,17,20,27H,4-5,10,15-16,18-19H2,1-3H3. The van der Waals surface area contributed by atoms with E-state index in [1.807, 2.05) is 48.5 Å². The van der Waals surface area contributed by atoms with Crippen molar-refractivity contribution in [3.63, 3.8) is 0 Å². The van der Waals surface area contributed by atoms with Crippen LogP contribution in [0.5, 0.6) is 5.75 Å². The number of hydrogen-bond acceptors (Lipinski definition) is 4. The number of carbonyl (C=O) groups excluding carboxylic acids is 1. The normalized spacial score (nSPS) is 12.4. The molecule has 0 fully saturated rings. The van der Waals surface area contributed by atoms with Crippen LogP contribution < -0.4 is 4.74 Å². The molecule has 0 radical (unpaired) electrons. The first-order valence-electron chi connectivity index (χ1n) is 11.3. The van der Waals surface area contributed by atoms with Crippen molar-refractivity contribution >= 4 is 28.0 Å². The topological polar surface area (TPSA) is 45.3 Å².